The third-order valence-electron chi connectivity index (χ3n) is 2.32. The van der Waals surface area contributed by atoms with E-state index in [4.69, 9.17) is 10.5 Å². The van der Waals surface area contributed by atoms with E-state index in [1.807, 2.05) is 6.92 Å². The van der Waals surface area contributed by atoms with Crippen molar-refractivity contribution in [1.82, 2.24) is 5.32 Å². The van der Waals surface area contributed by atoms with Crippen molar-refractivity contribution in [3.63, 3.8) is 0 Å². The largest absolute Gasteiger partial charge is 0.494 e. The fraction of sp³-hybridized carbons (Fsp3) is 0.462. The predicted octanol–water partition coefficient (Wildman–Crippen LogP) is 2.20. The van der Waals surface area contributed by atoms with Gasteiger partial charge in [0.1, 0.15) is 5.75 Å². The first-order valence-corrected chi connectivity index (χ1v) is 5.99. The first kappa shape index (κ1) is 13.4. The Morgan fingerprint density at radius 1 is 1.35 bits per heavy atom. The van der Waals surface area contributed by atoms with E-state index in [2.05, 4.69) is 12.2 Å². The topological polar surface area (TPSA) is 64.4 Å². The maximum absolute atomic E-state index is 11.8. The van der Waals surface area contributed by atoms with E-state index in [0.29, 0.717) is 30.2 Å². The summed E-state index contributed by atoms with van der Waals surface area (Å²) in [7, 11) is 0. The van der Waals surface area contributed by atoms with Gasteiger partial charge in [-0.05, 0) is 25.5 Å². The monoisotopic (exact) mass is 236 g/mol. The van der Waals surface area contributed by atoms with Crippen LogP contribution >= 0.6 is 0 Å². The molecule has 94 valence electrons. The molecular formula is C13H20N2O2. The molecule has 0 unspecified atom stereocenters. The molecule has 0 fully saturated rings. The molecular weight excluding hydrogens is 216 g/mol. The zero-order chi connectivity index (χ0) is 12.7. The number of ether oxygens (including phenoxy) is 1. The van der Waals surface area contributed by atoms with Crippen LogP contribution in [0.5, 0.6) is 5.75 Å². The summed E-state index contributed by atoms with van der Waals surface area (Å²) in [6.07, 6.45) is 2.04. The van der Waals surface area contributed by atoms with Crippen molar-refractivity contribution < 1.29 is 9.53 Å². The molecule has 17 heavy (non-hydrogen) atoms. The summed E-state index contributed by atoms with van der Waals surface area (Å²) in [5.41, 5.74) is 6.81. The molecule has 1 rings (SSSR count). The van der Waals surface area contributed by atoms with Gasteiger partial charge in [0.2, 0.25) is 0 Å². The standard InChI is InChI=1S/C13H20N2O2/c1-3-5-6-15-13(16)10-7-11(14)9-12(8-10)17-4-2/h7-9H,3-6,14H2,1-2H3,(H,15,16). The quantitative estimate of drug-likeness (QED) is 0.588. The Labute approximate surface area is 102 Å². The van der Waals surface area contributed by atoms with Crippen LogP contribution in [0.25, 0.3) is 0 Å². The van der Waals surface area contributed by atoms with Gasteiger partial charge in [-0.15, -0.1) is 0 Å². The van der Waals surface area contributed by atoms with E-state index in [1.54, 1.807) is 18.2 Å². The molecule has 0 saturated carbocycles. The molecule has 0 atom stereocenters. The molecule has 0 aliphatic heterocycles. The number of nitrogens with one attached hydrogen (secondary N) is 1. The van der Waals surface area contributed by atoms with E-state index in [9.17, 15) is 4.79 Å². The zero-order valence-corrected chi connectivity index (χ0v) is 10.5. The second-order valence-electron chi connectivity index (χ2n) is 3.83. The van der Waals surface area contributed by atoms with Gasteiger partial charge >= 0.3 is 0 Å². The Kier molecular flexibility index (Phi) is 5.33. The van der Waals surface area contributed by atoms with Gasteiger partial charge in [0.15, 0.2) is 0 Å². The molecule has 0 aliphatic carbocycles. The van der Waals surface area contributed by atoms with Crippen LogP contribution in [0.15, 0.2) is 18.2 Å². The number of rotatable bonds is 6. The van der Waals surface area contributed by atoms with Crippen LogP contribution in [-0.2, 0) is 0 Å². The molecule has 0 aliphatic rings. The Hall–Kier alpha value is -1.71. The summed E-state index contributed by atoms with van der Waals surface area (Å²) in [6.45, 7) is 5.22. The minimum Gasteiger partial charge on any atom is -0.494 e. The first-order chi connectivity index (χ1) is 8.17. The third-order valence-corrected chi connectivity index (χ3v) is 2.32. The molecule has 0 aromatic heterocycles. The number of hydrogen-bond acceptors (Lipinski definition) is 3. The summed E-state index contributed by atoms with van der Waals surface area (Å²) in [5, 5.41) is 2.85. The van der Waals surface area contributed by atoms with Crippen molar-refractivity contribution in [3.8, 4) is 5.75 Å². The van der Waals surface area contributed by atoms with Crippen molar-refractivity contribution in [3.05, 3.63) is 23.8 Å². The highest BCUT2D eigenvalue weighted by Gasteiger charge is 2.07. The van der Waals surface area contributed by atoms with Crippen LogP contribution in [0, 0.1) is 0 Å². The molecule has 4 nitrogen and oxygen atoms in total. The van der Waals surface area contributed by atoms with Gasteiger partial charge in [-0.3, -0.25) is 4.79 Å². The Morgan fingerprint density at radius 3 is 2.76 bits per heavy atom. The van der Waals surface area contributed by atoms with Crippen molar-refractivity contribution >= 4 is 11.6 Å². The van der Waals surface area contributed by atoms with Crippen LogP contribution < -0.4 is 15.8 Å². The second kappa shape index (κ2) is 6.78. The van der Waals surface area contributed by atoms with Crippen molar-refractivity contribution in [1.29, 1.82) is 0 Å². The van der Waals surface area contributed by atoms with Gasteiger partial charge in [0.05, 0.1) is 6.61 Å². The molecule has 0 saturated heterocycles. The van der Waals surface area contributed by atoms with Crippen LogP contribution in [0.4, 0.5) is 5.69 Å². The lowest BCUT2D eigenvalue weighted by atomic mass is 10.1. The third kappa shape index (κ3) is 4.34. The molecule has 4 heteroatoms. The molecule has 0 heterocycles. The molecule has 0 spiro atoms. The minimum absolute atomic E-state index is 0.105. The number of carbonyl (C=O) groups excluding carboxylic acids is 1. The molecule has 1 amide bonds. The second-order valence-corrected chi connectivity index (χ2v) is 3.83. The predicted molar refractivity (Wildman–Crippen MR) is 69.3 cm³/mol. The number of unbranched alkanes of at least 4 members (excludes halogenated alkanes) is 1. The smallest absolute Gasteiger partial charge is 0.251 e. The number of carbonyl (C=O) groups is 1. The van der Waals surface area contributed by atoms with Gasteiger partial charge in [0.25, 0.3) is 5.91 Å². The van der Waals surface area contributed by atoms with Gasteiger partial charge in [-0.1, -0.05) is 13.3 Å². The van der Waals surface area contributed by atoms with Crippen LogP contribution in [0.3, 0.4) is 0 Å². The van der Waals surface area contributed by atoms with E-state index < -0.39 is 0 Å². The number of anilines is 1. The number of amides is 1. The zero-order valence-electron chi connectivity index (χ0n) is 10.5. The van der Waals surface area contributed by atoms with E-state index in [1.165, 1.54) is 0 Å². The Bertz CT molecular complexity index is 378. The summed E-state index contributed by atoms with van der Waals surface area (Å²) >= 11 is 0. The average Bonchev–Trinajstić information content (AvgIpc) is 2.29. The summed E-state index contributed by atoms with van der Waals surface area (Å²) in [6, 6.07) is 5.08. The number of hydrogen-bond donors (Lipinski definition) is 2. The molecule has 0 radical (unpaired) electrons. The highest BCUT2D eigenvalue weighted by Crippen LogP contribution is 2.18. The number of nitrogens with two attached hydrogens (primary N) is 1. The highest BCUT2D eigenvalue weighted by molar-refractivity contribution is 5.95. The highest BCUT2D eigenvalue weighted by atomic mass is 16.5. The van der Waals surface area contributed by atoms with Crippen molar-refractivity contribution in [2.45, 2.75) is 26.7 Å². The lowest BCUT2D eigenvalue weighted by Crippen LogP contribution is -2.24. The summed E-state index contributed by atoms with van der Waals surface area (Å²) in [4.78, 5) is 11.8. The van der Waals surface area contributed by atoms with E-state index in [0.717, 1.165) is 12.8 Å². The van der Waals surface area contributed by atoms with Crippen LogP contribution in [0.2, 0.25) is 0 Å². The minimum atomic E-state index is -0.105. The number of nitrogen functional groups attached to an aromatic ring is 1. The van der Waals surface area contributed by atoms with Crippen LogP contribution in [-0.4, -0.2) is 19.1 Å². The summed E-state index contributed by atoms with van der Waals surface area (Å²) < 4.78 is 5.34. The molecule has 0 bridgehead atoms. The lowest BCUT2D eigenvalue weighted by Gasteiger charge is -2.08. The average molecular weight is 236 g/mol. The maximum atomic E-state index is 11.8. The summed E-state index contributed by atoms with van der Waals surface area (Å²) in [5.74, 6) is 0.528. The fourth-order valence-electron chi connectivity index (χ4n) is 1.48. The first-order valence-electron chi connectivity index (χ1n) is 5.99. The Morgan fingerprint density at radius 2 is 2.12 bits per heavy atom. The molecule has 1 aromatic carbocycles. The van der Waals surface area contributed by atoms with Gasteiger partial charge < -0.3 is 15.8 Å². The van der Waals surface area contributed by atoms with Gasteiger partial charge in [-0.25, -0.2) is 0 Å². The van der Waals surface area contributed by atoms with Gasteiger partial charge in [-0.2, -0.15) is 0 Å². The SMILES string of the molecule is CCCCNC(=O)c1cc(N)cc(OCC)c1. The fourth-order valence-corrected chi connectivity index (χ4v) is 1.48. The molecule has 3 N–H and O–H groups in total. The Balaban J connectivity index is 2.71. The van der Waals surface area contributed by atoms with E-state index in [-0.39, 0.29) is 5.91 Å². The maximum Gasteiger partial charge on any atom is 0.251 e. The van der Waals surface area contributed by atoms with E-state index >= 15 is 0 Å². The lowest BCUT2D eigenvalue weighted by molar-refractivity contribution is 0.0952. The van der Waals surface area contributed by atoms with Gasteiger partial charge in [0, 0.05) is 23.9 Å². The van der Waals surface area contributed by atoms with Crippen molar-refractivity contribution in [2.75, 3.05) is 18.9 Å². The van der Waals surface area contributed by atoms with Crippen LogP contribution in [0.1, 0.15) is 37.0 Å². The normalized spacial score (nSPS) is 10.0. The molecule has 1 aromatic rings. The van der Waals surface area contributed by atoms with Crippen molar-refractivity contribution in [2.24, 2.45) is 0 Å². The number of benzene rings is 1.